The van der Waals surface area contributed by atoms with E-state index in [1.165, 1.54) is 29.2 Å². The number of benzene rings is 1. The van der Waals surface area contributed by atoms with E-state index in [1.54, 1.807) is 24.5 Å². The third kappa shape index (κ3) is 4.62. The number of anilines is 1. The Kier molecular flexibility index (Phi) is 5.78. The number of nitrogens with zero attached hydrogens (tertiary/aromatic N) is 4. The summed E-state index contributed by atoms with van der Waals surface area (Å²) in [6, 6.07) is 8.27. The molecule has 0 bridgehead atoms. The van der Waals surface area contributed by atoms with Crippen molar-refractivity contribution in [2.24, 2.45) is 0 Å². The third-order valence-electron chi connectivity index (χ3n) is 4.15. The maximum absolute atomic E-state index is 14.1. The molecule has 4 rings (SSSR count). The second kappa shape index (κ2) is 8.66. The average molecular weight is 458 g/mol. The van der Waals surface area contributed by atoms with E-state index in [-0.39, 0.29) is 26.9 Å². The fraction of sp³-hybridized carbons (Fsp3) is 0.0500. The Hall–Kier alpha value is -3.57. The van der Waals surface area contributed by atoms with Crippen molar-refractivity contribution in [3.8, 4) is 0 Å². The molecule has 4 aromatic rings. The maximum atomic E-state index is 14.1. The average Bonchev–Trinajstić information content (AvgIpc) is 3.38. The molecule has 7 nitrogen and oxygen atoms in total. The first-order valence-electron chi connectivity index (χ1n) is 8.79. The lowest BCUT2D eigenvalue weighted by Gasteiger charge is -2.18. The second-order valence-corrected chi connectivity index (χ2v) is 8.39. The number of aromatic nitrogens is 2. The molecule has 0 aliphatic rings. The molecule has 11 heteroatoms. The van der Waals surface area contributed by atoms with Crippen LogP contribution in [0.15, 0.2) is 54.9 Å². The first-order valence-corrected chi connectivity index (χ1v) is 10.4. The molecule has 1 aromatic carbocycles. The summed E-state index contributed by atoms with van der Waals surface area (Å²) in [6.45, 7) is 0.103. The van der Waals surface area contributed by atoms with E-state index < -0.39 is 22.5 Å². The van der Waals surface area contributed by atoms with Gasteiger partial charge in [-0.05, 0) is 29.8 Å². The molecule has 31 heavy (non-hydrogen) atoms. The highest BCUT2D eigenvalue weighted by atomic mass is 32.1. The molecule has 0 atom stereocenters. The SMILES string of the molecule is O=C(/C=C/c1ccc([N+](=O)[O-])s1)N(Cc1cccnc1)c1nc2c(F)cc(F)cc2s1. The summed E-state index contributed by atoms with van der Waals surface area (Å²) in [5, 5.41) is 11.0. The van der Waals surface area contributed by atoms with Gasteiger partial charge in [0.15, 0.2) is 10.9 Å². The van der Waals surface area contributed by atoms with Gasteiger partial charge in [-0.3, -0.25) is 24.8 Å². The van der Waals surface area contributed by atoms with E-state index in [2.05, 4.69) is 9.97 Å². The van der Waals surface area contributed by atoms with Crippen molar-refractivity contribution in [2.45, 2.75) is 6.54 Å². The van der Waals surface area contributed by atoms with Crippen molar-refractivity contribution in [1.82, 2.24) is 9.97 Å². The van der Waals surface area contributed by atoms with E-state index in [9.17, 15) is 23.7 Å². The predicted octanol–water partition coefficient (Wildman–Crippen LogP) is 5.19. The van der Waals surface area contributed by atoms with Crippen LogP contribution in [-0.2, 0) is 11.3 Å². The molecule has 0 aliphatic carbocycles. The van der Waals surface area contributed by atoms with Crippen molar-refractivity contribution in [2.75, 3.05) is 4.90 Å². The quantitative estimate of drug-likeness (QED) is 0.225. The van der Waals surface area contributed by atoms with Crippen LogP contribution in [0.2, 0.25) is 0 Å². The highest BCUT2D eigenvalue weighted by Crippen LogP contribution is 2.32. The lowest BCUT2D eigenvalue weighted by molar-refractivity contribution is -0.380. The van der Waals surface area contributed by atoms with Crippen molar-refractivity contribution in [3.05, 3.63) is 87.1 Å². The van der Waals surface area contributed by atoms with Crippen LogP contribution in [0.5, 0.6) is 0 Å². The predicted molar refractivity (Wildman–Crippen MR) is 115 cm³/mol. The number of carbonyl (C=O) groups is 1. The smallest absolute Gasteiger partial charge is 0.280 e. The van der Waals surface area contributed by atoms with Gasteiger partial charge in [-0.25, -0.2) is 13.8 Å². The van der Waals surface area contributed by atoms with Crippen molar-refractivity contribution in [3.63, 3.8) is 0 Å². The minimum atomic E-state index is -0.812. The number of pyridine rings is 1. The first-order chi connectivity index (χ1) is 14.9. The van der Waals surface area contributed by atoms with Crippen LogP contribution in [-0.4, -0.2) is 20.8 Å². The second-order valence-electron chi connectivity index (χ2n) is 6.28. The van der Waals surface area contributed by atoms with E-state index in [0.29, 0.717) is 10.4 Å². The Bertz CT molecular complexity index is 1300. The molecule has 0 N–H and O–H groups in total. The first kappa shape index (κ1) is 20.7. The van der Waals surface area contributed by atoms with Crippen LogP contribution in [0, 0.1) is 21.7 Å². The van der Waals surface area contributed by atoms with Gasteiger partial charge in [-0.15, -0.1) is 0 Å². The Balaban J connectivity index is 1.68. The number of amides is 1. The van der Waals surface area contributed by atoms with Gasteiger partial charge in [-0.1, -0.05) is 28.7 Å². The Labute approximate surface area is 182 Å². The summed E-state index contributed by atoms with van der Waals surface area (Å²) < 4.78 is 28.0. The summed E-state index contributed by atoms with van der Waals surface area (Å²) in [6.07, 6.45) is 5.90. The standard InChI is InChI=1S/C20H12F2N4O3S2/c21-13-8-15(22)19-16(9-13)31-20(24-19)25(11-12-2-1-7-23-10-12)17(27)5-3-14-4-6-18(30-14)26(28)29/h1-10H,11H2/b5-3+. The molecule has 3 aromatic heterocycles. The number of hydrogen-bond donors (Lipinski definition) is 0. The molecule has 3 heterocycles. The van der Waals surface area contributed by atoms with Gasteiger partial charge in [0, 0.05) is 35.5 Å². The van der Waals surface area contributed by atoms with Crippen molar-refractivity contribution in [1.29, 1.82) is 0 Å². The lowest BCUT2D eigenvalue weighted by Crippen LogP contribution is -2.28. The Morgan fingerprint density at radius 3 is 2.77 bits per heavy atom. The number of carbonyl (C=O) groups excluding carboxylic acids is 1. The zero-order valence-electron chi connectivity index (χ0n) is 15.6. The van der Waals surface area contributed by atoms with Crippen LogP contribution < -0.4 is 4.90 Å². The summed E-state index contributed by atoms with van der Waals surface area (Å²) >= 11 is 1.91. The molecule has 0 radical (unpaired) electrons. The highest BCUT2D eigenvalue weighted by Gasteiger charge is 2.20. The molecule has 156 valence electrons. The molecule has 0 saturated carbocycles. The van der Waals surface area contributed by atoms with Gasteiger partial charge < -0.3 is 0 Å². The topological polar surface area (TPSA) is 89.2 Å². The van der Waals surface area contributed by atoms with Gasteiger partial charge in [0.1, 0.15) is 11.3 Å². The molecule has 0 fully saturated rings. The third-order valence-corrected chi connectivity index (χ3v) is 6.17. The van der Waals surface area contributed by atoms with Crippen LogP contribution in [0.1, 0.15) is 10.4 Å². The zero-order valence-corrected chi connectivity index (χ0v) is 17.2. The monoisotopic (exact) mass is 458 g/mol. The summed E-state index contributed by atoms with van der Waals surface area (Å²) in [4.78, 5) is 33.4. The number of rotatable bonds is 6. The molecule has 0 unspecified atom stereocenters. The van der Waals surface area contributed by atoms with Crippen LogP contribution in [0.4, 0.5) is 18.9 Å². The lowest BCUT2D eigenvalue weighted by atomic mass is 10.2. The molecule has 0 saturated heterocycles. The largest absolute Gasteiger partial charge is 0.324 e. The number of hydrogen-bond acceptors (Lipinski definition) is 7. The molecule has 0 aliphatic heterocycles. The maximum Gasteiger partial charge on any atom is 0.324 e. The van der Waals surface area contributed by atoms with Crippen LogP contribution >= 0.6 is 22.7 Å². The summed E-state index contributed by atoms with van der Waals surface area (Å²) in [5.41, 5.74) is 0.685. The fourth-order valence-electron chi connectivity index (χ4n) is 2.75. The molecular weight excluding hydrogens is 446 g/mol. The highest BCUT2D eigenvalue weighted by molar-refractivity contribution is 7.22. The number of thiazole rings is 1. The Morgan fingerprint density at radius 1 is 1.23 bits per heavy atom. The van der Waals surface area contributed by atoms with Gasteiger partial charge in [0.2, 0.25) is 0 Å². The van der Waals surface area contributed by atoms with E-state index in [1.807, 2.05) is 0 Å². The summed E-state index contributed by atoms with van der Waals surface area (Å²) in [7, 11) is 0. The van der Waals surface area contributed by atoms with Crippen LogP contribution in [0.3, 0.4) is 0 Å². The number of thiophene rings is 1. The van der Waals surface area contributed by atoms with Gasteiger partial charge in [-0.2, -0.15) is 0 Å². The van der Waals surface area contributed by atoms with Gasteiger partial charge in [0.25, 0.3) is 5.91 Å². The fourth-order valence-corrected chi connectivity index (χ4v) is 4.48. The van der Waals surface area contributed by atoms with Crippen LogP contribution in [0.25, 0.3) is 16.3 Å². The van der Waals surface area contributed by atoms with E-state index in [4.69, 9.17) is 0 Å². The van der Waals surface area contributed by atoms with Crippen molar-refractivity contribution < 1.29 is 18.5 Å². The number of fused-ring (bicyclic) bond motifs is 1. The van der Waals surface area contributed by atoms with Crippen molar-refractivity contribution >= 4 is 55.0 Å². The van der Waals surface area contributed by atoms with E-state index >= 15 is 0 Å². The normalized spacial score (nSPS) is 11.3. The Morgan fingerprint density at radius 2 is 2.06 bits per heavy atom. The zero-order chi connectivity index (χ0) is 22.0. The number of halogens is 2. The molecule has 1 amide bonds. The molecule has 0 spiro atoms. The van der Waals surface area contributed by atoms with E-state index in [0.717, 1.165) is 34.8 Å². The minimum Gasteiger partial charge on any atom is -0.280 e. The molecular formula is C20H12F2N4O3S2. The number of nitro groups is 1. The minimum absolute atomic E-state index is 0.0248. The van der Waals surface area contributed by atoms with Gasteiger partial charge in [0.05, 0.1) is 16.2 Å². The van der Waals surface area contributed by atoms with Gasteiger partial charge >= 0.3 is 5.00 Å². The summed E-state index contributed by atoms with van der Waals surface area (Å²) in [5.74, 6) is -2.02.